The van der Waals surface area contributed by atoms with Crippen molar-refractivity contribution in [3.05, 3.63) is 75.4 Å². The van der Waals surface area contributed by atoms with E-state index in [0.717, 1.165) is 47.3 Å². The monoisotopic (exact) mass is 506 g/mol. The van der Waals surface area contributed by atoms with Gasteiger partial charge in [0.2, 0.25) is 0 Å². The third-order valence-electron chi connectivity index (χ3n) is 7.23. The lowest BCUT2D eigenvalue weighted by atomic mass is 9.93. The van der Waals surface area contributed by atoms with E-state index in [1.807, 2.05) is 41.1 Å². The van der Waals surface area contributed by atoms with Gasteiger partial charge in [0, 0.05) is 16.1 Å². The normalized spacial score (nSPS) is 17.5. The summed E-state index contributed by atoms with van der Waals surface area (Å²) < 4.78 is 1.94. The molecule has 6 nitrogen and oxygen atoms in total. The zero-order chi connectivity index (χ0) is 24.3. The van der Waals surface area contributed by atoms with Crippen molar-refractivity contribution in [1.29, 1.82) is 0 Å². The first kappa shape index (κ1) is 22.5. The molecule has 2 aromatic carbocycles. The summed E-state index contributed by atoms with van der Waals surface area (Å²) in [4.78, 5) is 16.3. The molecule has 0 radical (unpaired) electrons. The molecule has 4 aromatic rings. The van der Waals surface area contributed by atoms with E-state index in [4.69, 9.17) is 23.2 Å². The highest BCUT2D eigenvalue weighted by atomic mass is 35.5. The zero-order valence-electron chi connectivity index (χ0n) is 19.2. The highest BCUT2D eigenvalue weighted by Gasteiger charge is 2.39. The molecular weight excluding hydrogens is 483 g/mol. The van der Waals surface area contributed by atoms with Crippen LogP contribution in [-0.2, 0) is 4.79 Å². The molecule has 0 spiro atoms. The number of rotatable bonds is 7. The first-order valence-corrected chi connectivity index (χ1v) is 12.7. The topological polar surface area (TPSA) is 80.9 Å². The second-order valence-electron chi connectivity index (χ2n) is 9.66. The number of carboxylic acids is 1. The van der Waals surface area contributed by atoms with Gasteiger partial charge in [-0.15, -0.1) is 5.10 Å². The summed E-state index contributed by atoms with van der Waals surface area (Å²) in [5, 5.41) is 19.9. The molecule has 1 unspecified atom stereocenters. The van der Waals surface area contributed by atoms with Gasteiger partial charge in [-0.2, -0.15) is 0 Å². The zero-order valence-corrected chi connectivity index (χ0v) is 20.7. The quantitative estimate of drug-likeness (QED) is 0.295. The number of aliphatic carboxylic acids is 1. The largest absolute Gasteiger partial charge is 0.481 e. The Hall–Kier alpha value is -2.96. The second-order valence-corrected chi connectivity index (χ2v) is 10.4. The predicted octanol–water partition coefficient (Wildman–Crippen LogP) is 6.87. The van der Waals surface area contributed by atoms with E-state index >= 15 is 0 Å². The first-order valence-electron chi connectivity index (χ1n) is 11.9. The maximum Gasteiger partial charge on any atom is 0.310 e. The number of benzene rings is 2. The van der Waals surface area contributed by atoms with Crippen molar-refractivity contribution in [2.24, 2.45) is 5.92 Å². The molecule has 0 saturated heterocycles. The summed E-state index contributed by atoms with van der Waals surface area (Å²) in [6.45, 7) is 1.69. The van der Waals surface area contributed by atoms with Crippen LogP contribution in [0, 0.1) is 5.92 Å². The van der Waals surface area contributed by atoms with Crippen molar-refractivity contribution in [1.82, 2.24) is 20.0 Å². The molecule has 0 bridgehead atoms. The summed E-state index contributed by atoms with van der Waals surface area (Å²) >= 11 is 13.7. The fourth-order valence-electron chi connectivity index (χ4n) is 4.97. The van der Waals surface area contributed by atoms with Gasteiger partial charge in [-0.1, -0.05) is 58.7 Å². The minimum Gasteiger partial charge on any atom is -0.481 e. The van der Waals surface area contributed by atoms with Gasteiger partial charge in [0.25, 0.3) is 0 Å². The van der Waals surface area contributed by atoms with Gasteiger partial charge in [-0.25, -0.2) is 4.68 Å². The number of hydrogen-bond acceptors (Lipinski definition) is 4. The number of nitrogens with zero attached hydrogens (tertiary/aromatic N) is 4. The van der Waals surface area contributed by atoms with Gasteiger partial charge in [0.05, 0.1) is 34.4 Å². The van der Waals surface area contributed by atoms with Crippen LogP contribution in [0.3, 0.4) is 0 Å². The van der Waals surface area contributed by atoms with Crippen molar-refractivity contribution < 1.29 is 9.90 Å². The summed E-state index contributed by atoms with van der Waals surface area (Å²) in [5.41, 5.74) is 5.77. The molecule has 2 aliphatic carbocycles. The Morgan fingerprint density at radius 3 is 2.60 bits per heavy atom. The lowest BCUT2D eigenvalue weighted by Gasteiger charge is -2.22. The molecule has 2 aromatic heterocycles. The van der Waals surface area contributed by atoms with Gasteiger partial charge in [-0.05, 0) is 67.7 Å². The highest BCUT2D eigenvalue weighted by Crippen LogP contribution is 2.52. The molecule has 2 heterocycles. The Morgan fingerprint density at radius 2 is 1.89 bits per heavy atom. The van der Waals surface area contributed by atoms with Gasteiger partial charge in [0.1, 0.15) is 5.52 Å². The van der Waals surface area contributed by atoms with E-state index in [0.29, 0.717) is 33.6 Å². The van der Waals surface area contributed by atoms with Crippen molar-refractivity contribution in [3.8, 4) is 11.3 Å². The maximum absolute atomic E-state index is 11.7. The summed E-state index contributed by atoms with van der Waals surface area (Å²) in [5.74, 6) is -0.651. The predicted molar refractivity (Wildman–Crippen MR) is 136 cm³/mol. The first-order chi connectivity index (χ1) is 16.9. The maximum atomic E-state index is 11.7. The van der Waals surface area contributed by atoms with Crippen LogP contribution in [0.15, 0.2) is 48.7 Å². The summed E-state index contributed by atoms with van der Waals surface area (Å²) in [7, 11) is 0. The lowest BCUT2D eigenvalue weighted by Crippen LogP contribution is -2.16. The molecule has 2 saturated carbocycles. The molecular formula is C27H24Cl2N4O2. The van der Waals surface area contributed by atoms with Crippen molar-refractivity contribution in [2.75, 3.05) is 0 Å². The molecule has 2 aliphatic rings. The average Bonchev–Trinajstić information content (AvgIpc) is 3.79. The van der Waals surface area contributed by atoms with Crippen LogP contribution in [0.5, 0.6) is 0 Å². The molecule has 8 heteroatoms. The SMILES string of the molecule is CC(C(=O)O)c1ccccc1-c1cc2c(cn1)nnn2[C@@H](c1c(Cl)ccc(C2CC2)c1Cl)C1CC1. The van der Waals surface area contributed by atoms with E-state index in [9.17, 15) is 9.90 Å². The molecule has 6 rings (SSSR count). The second kappa shape index (κ2) is 8.61. The van der Waals surface area contributed by atoms with Crippen molar-refractivity contribution in [3.63, 3.8) is 0 Å². The molecule has 0 aliphatic heterocycles. The van der Waals surface area contributed by atoms with Crippen LogP contribution in [0.25, 0.3) is 22.3 Å². The number of aromatic nitrogens is 4. The van der Waals surface area contributed by atoms with Gasteiger partial charge < -0.3 is 5.11 Å². The van der Waals surface area contributed by atoms with Crippen molar-refractivity contribution in [2.45, 2.75) is 50.5 Å². The number of pyridine rings is 1. The Labute approximate surface area is 212 Å². The van der Waals surface area contributed by atoms with Crippen LogP contribution in [0.2, 0.25) is 10.0 Å². The Bertz CT molecular complexity index is 1460. The summed E-state index contributed by atoms with van der Waals surface area (Å²) in [6.07, 6.45) is 6.16. The van der Waals surface area contributed by atoms with E-state index < -0.39 is 11.9 Å². The summed E-state index contributed by atoms with van der Waals surface area (Å²) in [6, 6.07) is 13.3. The number of carboxylic acid groups (broad SMARTS) is 1. The van der Waals surface area contributed by atoms with Crippen LogP contribution < -0.4 is 0 Å². The third-order valence-corrected chi connectivity index (χ3v) is 7.98. The van der Waals surface area contributed by atoms with Crippen molar-refractivity contribution >= 4 is 40.2 Å². The van der Waals surface area contributed by atoms with Gasteiger partial charge >= 0.3 is 5.97 Å². The van der Waals surface area contributed by atoms with E-state index in [-0.39, 0.29) is 6.04 Å². The van der Waals surface area contributed by atoms with Crippen LogP contribution in [0.1, 0.15) is 67.2 Å². The Morgan fingerprint density at radius 1 is 1.11 bits per heavy atom. The van der Waals surface area contributed by atoms with Gasteiger partial charge in [-0.3, -0.25) is 9.78 Å². The van der Waals surface area contributed by atoms with E-state index in [1.54, 1.807) is 13.1 Å². The number of halogens is 2. The third kappa shape index (κ3) is 3.99. The minimum absolute atomic E-state index is 0.123. The Balaban J connectivity index is 1.50. The number of carbonyl (C=O) groups is 1. The van der Waals surface area contributed by atoms with Crippen LogP contribution in [0.4, 0.5) is 0 Å². The number of fused-ring (bicyclic) bond motifs is 1. The average molecular weight is 507 g/mol. The minimum atomic E-state index is -0.876. The molecule has 178 valence electrons. The molecule has 1 N–H and O–H groups in total. The van der Waals surface area contributed by atoms with E-state index in [2.05, 4.69) is 21.4 Å². The standard InChI is InChI=1S/C27H24Cl2N4O2/c1-14(27(34)35)17-4-2-3-5-19(17)21-12-23-22(13-30-21)31-32-33(23)26(16-8-9-16)24-20(28)11-10-18(25(24)29)15-6-7-15/h2-5,10-16,26H,6-9H2,1H3,(H,34,35)/t14?,26-/m1/s1. The Kier molecular flexibility index (Phi) is 5.53. The lowest BCUT2D eigenvalue weighted by molar-refractivity contribution is -0.138. The van der Waals surface area contributed by atoms with E-state index in [1.165, 1.54) is 5.56 Å². The molecule has 35 heavy (non-hydrogen) atoms. The smallest absolute Gasteiger partial charge is 0.310 e. The fourth-order valence-corrected chi connectivity index (χ4v) is 5.72. The molecule has 2 atom stereocenters. The molecule has 0 amide bonds. The highest BCUT2D eigenvalue weighted by molar-refractivity contribution is 6.36. The fraction of sp³-hybridized carbons (Fsp3) is 0.333. The molecule has 2 fully saturated rings. The van der Waals surface area contributed by atoms with Crippen LogP contribution >= 0.6 is 23.2 Å². The number of hydrogen-bond donors (Lipinski definition) is 1. The van der Waals surface area contributed by atoms with Crippen LogP contribution in [-0.4, -0.2) is 31.1 Å². The van der Waals surface area contributed by atoms with Gasteiger partial charge in [0.15, 0.2) is 0 Å².